The minimum Gasteiger partial charge on any atom is -0.497 e. The van der Waals surface area contributed by atoms with Crippen LogP contribution in [0.15, 0.2) is 47.3 Å². The third kappa shape index (κ3) is 6.32. The second-order valence-electron chi connectivity index (χ2n) is 8.98. The van der Waals surface area contributed by atoms with Crippen LogP contribution in [-0.4, -0.2) is 52.7 Å². The number of hydrogen-bond donors (Lipinski definition) is 1. The summed E-state index contributed by atoms with van der Waals surface area (Å²) in [6, 6.07) is 8.08. The largest absolute Gasteiger partial charge is 0.497 e. The van der Waals surface area contributed by atoms with Crippen LogP contribution in [0.25, 0.3) is 10.9 Å². The molecule has 2 atom stereocenters. The lowest BCUT2D eigenvalue weighted by Gasteiger charge is -2.38. The average Bonchev–Trinajstić information content (AvgIpc) is 3.33. The maximum Gasteiger partial charge on any atom is 0.303 e. The Hall–Kier alpha value is -2.93. The van der Waals surface area contributed by atoms with Crippen LogP contribution in [0, 0.1) is 11.8 Å². The Balaban J connectivity index is 1.31. The van der Waals surface area contributed by atoms with Gasteiger partial charge in [-0.15, -0.1) is 0 Å². The zero-order valence-corrected chi connectivity index (χ0v) is 19.3. The van der Waals surface area contributed by atoms with E-state index in [4.69, 9.17) is 9.15 Å². The number of ether oxygens (including phenoxy) is 1. The highest BCUT2D eigenvalue weighted by atomic mass is 16.5. The summed E-state index contributed by atoms with van der Waals surface area (Å²) >= 11 is 0. The Morgan fingerprint density at radius 3 is 2.88 bits per heavy atom. The Bertz CT molecular complexity index is 1040. The van der Waals surface area contributed by atoms with E-state index in [1.807, 2.05) is 18.3 Å². The van der Waals surface area contributed by atoms with E-state index in [1.165, 1.54) is 5.56 Å². The van der Waals surface area contributed by atoms with Gasteiger partial charge in [0.1, 0.15) is 12.0 Å². The SMILES string of the molecule is COc1ccc2nccc(CCC[C@@H]3CCN(CCCc4ncco4)C[C@@H]3CC(=O)O)c2c1. The number of rotatable bonds is 11. The fourth-order valence-corrected chi connectivity index (χ4v) is 5.11. The standard InChI is InChI=1S/C26H33N3O4/c1-32-22-7-8-24-23(17-22)20(9-11-27-24)5-2-4-19-10-14-29(18-21(19)16-26(30)31)13-3-6-25-28-12-15-33-25/h7-9,11-12,15,17,19,21H,2-6,10,13-14,16,18H2,1H3,(H,30,31)/t19-,21+/m1/s1. The van der Waals surface area contributed by atoms with Gasteiger partial charge in [-0.3, -0.25) is 9.78 Å². The summed E-state index contributed by atoms with van der Waals surface area (Å²) < 4.78 is 10.7. The first-order valence-corrected chi connectivity index (χ1v) is 11.9. The summed E-state index contributed by atoms with van der Waals surface area (Å²) in [6.07, 6.45) is 11.3. The predicted octanol–water partition coefficient (Wildman–Crippen LogP) is 4.60. The number of aromatic nitrogens is 2. The van der Waals surface area contributed by atoms with Gasteiger partial charge in [0.05, 0.1) is 18.8 Å². The van der Waals surface area contributed by atoms with E-state index in [0.29, 0.717) is 5.92 Å². The molecule has 1 saturated heterocycles. The van der Waals surface area contributed by atoms with E-state index in [0.717, 1.165) is 80.7 Å². The Morgan fingerprint density at radius 1 is 1.18 bits per heavy atom. The number of carboxylic acid groups (broad SMARTS) is 1. The van der Waals surface area contributed by atoms with Gasteiger partial charge in [0.2, 0.25) is 0 Å². The molecule has 1 aliphatic rings. The monoisotopic (exact) mass is 451 g/mol. The summed E-state index contributed by atoms with van der Waals surface area (Å²) in [5, 5.41) is 10.6. The summed E-state index contributed by atoms with van der Waals surface area (Å²) in [4.78, 5) is 22.6. The number of fused-ring (bicyclic) bond motifs is 1. The Kier molecular flexibility index (Phi) is 7.94. The second kappa shape index (κ2) is 11.3. The first kappa shape index (κ1) is 23.2. The fraction of sp³-hybridized carbons (Fsp3) is 0.500. The Morgan fingerprint density at radius 2 is 2.09 bits per heavy atom. The van der Waals surface area contributed by atoms with Crippen molar-refractivity contribution in [3.8, 4) is 5.75 Å². The normalized spacial score (nSPS) is 19.1. The van der Waals surface area contributed by atoms with Crippen LogP contribution >= 0.6 is 0 Å². The minimum absolute atomic E-state index is 0.201. The lowest BCUT2D eigenvalue weighted by Crippen LogP contribution is -2.41. The van der Waals surface area contributed by atoms with Gasteiger partial charge in [0.15, 0.2) is 5.89 Å². The molecule has 7 nitrogen and oxygen atoms in total. The highest BCUT2D eigenvalue weighted by Crippen LogP contribution is 2.32. The molecule has 1 aliphatic heterocycles. The van der Waals surface area contributed by atoms with Crippen molar-refractivity contribution in [2.75, 3.05) is 26.7 Å². The molecule has 3 aromatic rings. The molecule has 2 aromatic heterocycles. The summed E-state index contributed by atoms with van der Waals surface area (Å²) in [5.74, 6) is 1.57. The van der Waals surface area contributed by atoms with Gasteiger partial charge in [-0.2, -0.15) is 0 Å². The van der Waals surface area contributed by atoms with Gasteiger partial charge in [0.25, 0.3) is 0 Å². The van der Waals surface area contributed by atoms with E-state index in [2.05, 4.69) is 27.0 Å². The van der Waals surface area contributed by atoms with Gasteiger partial charge < -0.3 is 19.2 Å². The number of carbonyl (C=O) groups is 1. The number of hydrogen-bond acceptors (Lipinski definition) is 6. The molecule has 0 radical (unpaired) electrons. The topological polar surface area (TPSA) is 88.7 Å². The van der Waals surface area contributed by atoms with Crippen LogP contribution < -0.4 is 4.74 Å². The van der Waals surface area contributed by atoms with E-state index in [-0.39, 0.29) is 12.3 Å². The maximum atomic E-state index is 11.5. The van der Waals surface area contributed by atoms with Crippen LogP contribution in [0.4, 0.5) is 0 Å². The number of nitrogens with zero attached hydrogens (tertiary/aromatic N) is 3. The molecule has 0 spiro atoms. The van der Waals surface area contributed by atoms with Crippen molar-refractivity contribution in [3.63, 3.8) is 0 Å². The third-order valence-electron chi connectivity index (χ3n) is 6.82. The number of pyridine rings is 1. The first-order chi connectivity index (χ1) is 16.1. The van der Waals surface area contributed by atoms with E-state index >= 15 is 0 Å². The zero-order chi connectivity index (χ0) is 23.0. The van der Waals surface area contributed by atoms with Crippen molar-refractivity contribution in [1.29, 1.82) is 0 Å². The quantitative estimate of drug-likeness (QED) is 0.456. The molecule has 1 N–H and O–H groups in total. The molecule has 7 heteroatoms. The van der Waals surface area contributed by atoms with Crippen LogP contribution in [0.5, 0.6) is 5.75 Å². The van der Waals surface area contributed by atoms with Gasteiger partial charge in [-0.1, -0.05) is 0 Å². The number of piperidine rings is 1. The van der Waals surface area contributed by atoms with Gasteiger partial charge >= 0.3 is 5.97 Å². The number of likely N-dealkylation sites (tertiary alicyclic amines) is 1. The van der Waals surface area contributed by atoms with Gasteiger partial charge in [0, 0.05) is 31.0 Å². The molecule has 0 saturated carbocycles. The minimum atomic E-state index is -0.696. The van der Waals surface area contributed by atoms with Gasteiger partial charge in [-0.05, 0) is 86.9 Å². The molecule has 1 fully saturated rings. The lowest BCUT2D eigenvalue weighted by molar-refractivity contribution is -0.139. The number of benzene rings is 1. The van der Waals surface area contributed by atoms with E-state index < -0.39 is 5.97 Å². The highest BCUT2D eigenvalue weighted by Gasteiger charge is 2.30. The molecular formula is C26H33N3O4. The van der Waals surface area contributed by atoms with Gasteiger partial charge in [-0.25, -0.2) is 4.98 Å². The average molecular weight is 452 g/mol. The van der Waals surface area contributed by atoms with Crippen molar-refractivity contribution >= 4 is 16.9 Å². The molecule has 33 heavy (non-hydrogen) atoms. The molecule has 1 aromatic carbocycles. The molecule has 4 rings (SSSR count). The molecule has 176 valence electrons. The molecule has 0 aliphatic carbocycles. The van der Waals surface area contributed by atoms with Crippen LogP contribution in [-0.2, 0) is 17.6 Å². The smallest absolute Gasteiger partial charge is 0.303 e. The number of aryl methyl sites for hydroxylation is 2. The molecule has 0 amide bonds. The van der Waals surface area contributed by atoms with Crippen molar-refractivity contribution in [2.24, 2.45) is 11.8 Å². The number of methoxy groups -OCH3 is 1. The van der Waals surface area contributed by atoms with Crippen LogP contribution in [0.1, 0.15) is 43.6 Å². The van der Waals surface area contributed by atoms with Crippen molar-refractivity contribution in [3.05, 3.63) is 54.4 Å². The fourth-order valence-electron chi connectivity index (χ4n) is 5.11. The van der Waals surface area contributed by atoms with Crippen LogP contribution in [0.2, 0.25) is 0 Å². The predicted molar refractivity (Wildman–Crippen MR) is 126 cm³/mol. The number of carboxylic acids is 1. The van der Waals surface area contributed by atoms with Crippen molar-refractivity contribution < 1.29 is 19.1 Å². The maximum absolute atomic E-state index is 11.5. The lowest BCUT2D eigenvalue weighted by atomic mass is 9.79. The first-order valence-electron chi connectivity index (χ1n) is 11.9. The zero-order valence-electron chi connectivity index (χ0n) is 19.3. The molecule has 0 bridgehead atoms. The molecule has 3 heterocycles. The summed E-state index contributed by atoms with van der Waals surface area (Å²) in [7, 11) is 1.68. The number of oxazole rings is 1. The molecular weight excluding hydrogens is 418 g/mol. The Labute approximate surface area is 194 Å². The van der Waals surface area contributed by atoms with E-state index in [1.54, 1.807) is 19.6 Å². The van der Waals surface area contributed by atoms with Crippen molar-refractivity contribution in [2.45, 2.75) is 44.9 Å². The second-order valence-corrected chi connectivity index (χ2v) is 8.98. The summed E-state index contributed by atoms with van der Waals surface area (Å²) in [5.41, 5.74) is 2.26. The highest BCUT2D eigenvalue weighted by molar-refractivity contribution is 5.83. The summed E-state index contributed by atoms with van der Waals surface area (Å²) in [6.45, 7) is 2.84. The third-order valence-corrected chi connectivity index (χ3v) is 6.82. The van der Waals surface area contributed by atoms with Crippen molar-refractivity contribution in [1.82, 2.24) is 14.9 Å². The molecule has 0 unspecified atom stereocenters. The van der Waals surface area contributed by atoms with E-state index in [9.17, 15) is 9.90 Å². The number of aliphatic carboxylic acids is 1. The van der Waals surface area contributed by atoms with Crippen LogP contribution in [0.3, 0.4) is 0 Å².